The lowest BCUT2D eigenvalue weighted by molar-refractivity contribution is -0.128. The molecule has 2 saturated heterocycles. The van der Waals surface area contributed by atoms with Crippen LogP contribution in [-0.2, 0) is 11.2 Å². The third-order valence-electron chi connectivity index (χ3n) is 4.83. The second kappa shape index (κ2) is 4.71. The number of urea groups is 2. The molecule has 120 valence electrons. The van der Waals surface area contributed by atoms with Crippen LogP contribution in [0, 0.1) is 0 Å². The summed E-state index contributed by atoms with van der Waals surface area (Å²) in [6.45, 7) is 0.440. The van der Waals surface area contributed by atoms with E-state index in [0.717, 1.165) is 19.3 Å². The summed E-state index contributed by atoms with van der Waals surface area (Å²) < 4.78 is 0. The topological polar surface area (TPSA) is 90.5 Å². The Bertz CT molecular complexity index is 678. The maximum absolute atomic E-state index is 12.4. The van der Waals surface area contributed by atoms with Gasteiger partial charge in [0, 0.05) is 5.54 Å². The predicted molar refractivity (Wildman–Crippen MR) is 81.6 cm³/mol. The second-order valence-corrected chi connectivity index (χ2v) is 6.72. The zero-order valence-electron chi connectivity index (χ0n) is 12.6. The molecule has 3 aliphatic rings. The Labute approximate surface area is 133 Å². The molecular weight excluding hydrogens is 296 g/mol. The van der Waals surface area contributed by atoms with Crippen molar-refractivity contribution in [3.8, 4) is 0 Å². The molecule has 3 N–H and O–H groups in total. The summed E-state index contributed by atoms with van der Waals surface area (Å²) in [6.07, 6.45) is 2.74. The number of amides is 5. The highest BCUT2D eigenvalue weighted by molar-refractivity contribution is 6.08. The van der Waals surface area contributed by atoms with Gasteiger partial charge in [0.25, 0.3) is 5.91 Å². The van der Waals surface area contributed by atoms with Crippen molar-refractivity contribution in [3.63, 3.8) is 0 Å². The van der Waals surface area contributed by atoms with Crippen molar-refractivity contribution in [1.82, 2.24) is 20.9 Å². The highest BCUT2D eigenvalue weighted by atomic mass is 16.2. The Hall–Kier alpha value is -2.57. The number of benzene rings is 1. The van der Waals surface area contributed by atoms with Gasteiger partial charge in [-0.2, -0.15) is 0 Å². The number of likely N-dealkylation sites (tertiary alicyclic amines) is 1. The molecule has 1 spiro atoms. The quantitative estimate of drug-likeness (QED) is 0.704. The Morgan fingerprint density at radius 1 is 1.17 bits per heavy atom. The van der Waals surface area contributed by atoms with Crippen molar-refractivity contribution in [2.75, 3.05) is 13.1 Å². The molecule has 1 saturated carbocycles. The van der Waals surface area contributed by atoms with E-state index >= 15 is 0 Å². The smallest absolute Gasteiger partial charge is 0.322 e. The van der Waals surface area contributed by atoms with E-state index in [1.807, 2.05) is 18.2 Å². The summed E-state index contributed by atoms with van der Waals surface area (Å²) >= 11 is 0. The van der Waals surface area contributed by atoms with Crippen LogP contribution in [0.25, 0.3) is 0 Å². The molecule has 1 aromatic rings. The fourth-order valence-corrected chi connectivity index (χ4v) is 3.29. The first kappa shape index (κ1) is 14.0. The van der Waals surface area contributed by atoms with E-state index < -0.39 is 11.6 Å². The lowest BCUT2D eigenvalue weighted by Crippen LogP contribution is -2.73. The third-order valence-corrected chi connectivity index (χ3v) is 4.83. The maximum Gasteiger partial charge on any atom is 0.322 e. The molecule has 1 aliphatic carbocycles. The van der Waals surface area contributed by atoms with E-state index in [-0.39, 0.29) is 30.6 Å². The summed E-state index contributed by atoms with van der Waals surface area (Å²) in [5.74, 6) is -0.350. The highest BCUT2D eigenvalue weighted by Crippen LogP contribution is 2.39. The van der Waals surface area contributed by atoms with Gasteiger partial charge in [-0.1, -0.05) is 30.3 Å². The fourth-order valence-electron chi connectivity index (χ4n) is 3.29. The van der Waals surface area contributed by atoms with Gasteiger partial charge in [-0.25, -0.2) is 9.59 Å². The molecule has 0 atom stereocenters. The molecule has 2 aliphatic heterocycles. The summed E-state index contributed by atoms with van der Waals surface area (Å²) in [4.78, 5) is 36.9. The lowest BCUT2D eigenvalue weighted by atomic mass is 9.90. The molecule has 7 heteroatoms. The van der Waals surface area contributed by atoms with E-state index in [9.17, 15) is 14.4 Å². The van der Waals surface area contributed by atoms with Crippen LogP contribution in [0.2, 0.25) is 0 Å². The summed E-state index contributed by atoms with van der Waals surface area (Å²) in [5, 5.41) is 7.91. The molecule has 7 nitrogen and oxygen atoms in total. The van der Waals surface area contributed by atoms with Crippen LogP contribution in [0.4, 0.5) is 9.59 Å². The van der Waals surface area contributed by atoms with Gasteiger partial charge in [-0.3, -0.25) is 10.1 Å². The second-order valence-electron chi connectivity index (χ2n) is 6.72. The number of nitrogens with one attached hydrogen (secondary N) is 3. The monoisotopic (exact) mass is 314 g/mol. The SMILES string of the molecule is O=C1NC(=O)C2(CN(C(=O)NC3(Cc4ccccc4)CC3)C2)N1. The maximum atomic E-state index is 12.4. The number of rotatable bonds is 3. The van der Waals surface area contributed by atoms with Crippen LogP contribution in [0.5, 0.6) is 0 Å². The number of hydrogen-bond donors (Lipinski definition) is 3. The molecule has 1 aromatic carbocycles. The zero-order valence-corrected chi connectivity index (χ0v) is 12.6. The third kappa shape index (κ3) is 2.42. The summed E-state index contributed by atoms with van der Waals surface area (Å²) in [6, 6.07) is 9.42. The Morgan fingerprint density at radius 3 is 2.43 bits per heavy atom. The number of nitrogens with zero attached hydrogens (tertiary/aromatic N) is 1. The average molecular weight is 314 g/mol. The summed E-state index contributed by atoms with van der Waals surface area (Å²) in [5.41, 5.74) is 0.111. The van der Waals surface area contributed by atoms with Gasteiger partial charge in [0.15, 0.2) is 5.54 Å². The highest BCUT2D eigenvalue weighted by Gasteiger charge is 2.57. The first-order valence-corrected chi connectivity index (χ1v) is 7.75. The van der Waals surface area contributed by atoms with Gasteiger partial charge in [-0.15, -0.1) is 0 Å². The number of imide groups is 1. The van der Waals surface area contributed by atoms with E-state index in [4.69, 9.17) is 0 Å². The predicted octanol–water partition coefficient (Wildman–Crippen LogP) is 0.365. The minimum atomic E-state index is -0.926. The minimum Gasteiger partial charge on any atom is -0.332 e. The molecule has 0 unspecified atom stereocenters. The fraction of sp³-hybridized carbons (Fsp3) is 0.438. The number of carbonyl (C=O) groups excluding carboxylic acids is 3. The molecule has 2 heterocycles. The Balaban J connectivity index is 1.35. The lowest BCUT2D eigenvalue weighted by Gasteiger charge is -2.45. The zero-order chi connectivity index (χ0) is 16.1. The van der Waals surface area contributed by atoms with Gasteiger partial charge in [0.1, 0.15) is 0 Å². The largest absolute Gasteiger partial charge is 0.332 e. The Morgan fingerprint density at radius 2 is 1.87 bits per heavy atom. The van der Waals surface area contributed by atoms with Crippen molar-refractivity contribution < 1.29 is 14.4 Å². The van der Waals surface area contributed by atoms with E-state index in [2.05, 4.69) is 28.1 Å². The number of carbonyl (C=O) groups is 3. The van der Waals surface area contributed by atoms with Crippen molar-refractivity contribution in [2.45, 2.75) is 30.3 Å². The van der Waals surface area contributed by atoms with Crippen molar-refractivity contribution in [2.24, 2.45) is 0 Å². The van der Waals surface area contributed by atoms with Crippen LogP contribution < -0.4 is 16.0 Å². The van der Waals surface area contributed by atoms with Crippen molar-refractivity contribution >= 4 is 18.0 Å². The van der Waals surface area contributed by atoms with Crippen LogP contribution >= 0.6 is 0 Å². The van der Waals surface area contributed by atoms with Gasteiger partial charge in [0.2, 0.25) is 0 Å². The molecule has 5 amide bonds. The van der Waals surface area contributed by atoms with Crippen LogP contribution in [0.3, 0.4) is 0 Å². The van der Waals surface area contributed by atoms with Crippen LogP contribution in [-0.4, -0.2) is 47.0 Å². The summed E-state index contributed by atoms with van der Waals surface area (Å²) in [7, 11) is 0. The van der Waals surface area contributed by atoms with Crippen molar-refractivity contribution in [3.05, 3.63) is 35.9 Å². The van der Waals surface area contributed by atoms with Crippen LogP contribution in [0.15, 0.2) is 30.3 Å². The van der Waals surface area contributed by atoms with Crippen LogP contribution in [0.1, 0.15) is 18.4 Å². The van der Waals surface area contributed by atoms with Gasteiger partial charge < -0.3 is 15.5 Å². The normalized spacial score (nSPS) is 23.0. The Kier molecular flexibility index (Phi) is 2.88. The average Bonchev–Trinajstić information content (AvgIpc) is 3.14. The minimum absolute atomic E-state index is 0.164. The number of hydrogen-bond acceptors (Lipinski definition) is 3. The molecular formula is C16H18N4O3. The molecule has 0 bridgehead atoms. The van der Waals surface area contributed by atoms with E-state index in [1.165, 1.54) is 5.56 Å². The molecule has 0 radical (unpaired) electrons. The standard InChI is InChI=1S/C16H18N4O3/c21-12-16(18-13(22)17-12)9-20(10-16)14(23)19-15(6-7-15)8-11-4-2-1-3-5-11/h1-5H,6-10H2,(H,19,23)(H2,17,18,21,22). The first-order chi connectivity index (χ1) is 11.0. The molecule has 3 fully saturated rings. The van der Waals surface area contributed by atoms with Crippen molar-refractivity contribution in [1.29, 1.82) is 0 Å². The van der Waals surface area contributed by atoms with Gasteiger partial charge in [0.05, 0.1) is 13.1 Å². The molecule has 4 rings (SSSR count). The van der Waals surface area contributed by atoms with Gasteiger partial charge >= 0.3 is 12.1 Å². The van der Waals surface area contributed by atoms with Gasteiger partial charge in [-0.05, 0) is 24.8 Å². The molecule has 23 heavy (non-hydrogen) atoms. The first-order valence-electron chi connectivity index (χ1n) is 7.75. The van der Waals surface area contributed by atoms with E-state index in [1.54, 1.807) is 4.90 Å². The van der Waals surface area contributed by atoms with E-state index in [0.29, 0.717) is 0 Å². The molecule has 0 aromatic heterocycles.